The number of rotatable bonds is 14. The molecule has 0 saturated carbocycles. The van der Waals surface area contributed by atoms with E-state index < -0.39 is 47.4 Å². The molecule has 260 valence electrons. The number of ether oxygens (including phenoxy) is 2. The second-order valence-electron chi connectivity index (χ2n) is 13.7. The Balaban J connectivity index is 1.52. The Kier molecular flexibility index (Phi) is 12.3. The number of benzene rings is 2. The van der Waals surface area contributed by atoms with E-state index in [2.05, 4.69) is 20.9 Å². The van der Waals surface area contributed by atoms with Crippen LogP contribution in [0.15, 0.2) is 48.5 Å². The Labute approximate surface area is 282 Å². The third-order valence-corrected chi connectivity index (χ3v) is 8.25. The van der Waals surface area contributed by atoms with Crippen LogP contribution < -0.4 is 20.9 Å². The molecule has 0 radical (unpaired) electrons. The lowest BCUT2D eigenvalue weighted by Crippen LogP contribution is -2.57. The van der Waals surface area contributed by atoms with Crippen LogP contribution in [0.5, 0.6) is 0 Å². The van der Waals surface area contributed by atoms with Crippen molar-refractivity contribution in [1.29, 1.82) is 0 Å². The second kappa shape index (κ2) is 16.2. The van der Waals surface area contributed by atoms with Crippen LogP contribution in [-0.4, -0.2) is 98.1 Å². The molecule has 0 bridgehead atoms. The van der Waals surface area contributed by atoms with Crippen LogP contribution in [0.4, 0.5) is 5.69 Å². The van der Waals surface area contributed by atoms with Gasteiger partial charge in [-0.3, -0.25) is 34.2 Å². The minimum absolute atomic E-state index is 0.0153. The van der Waals surface area contributed by atoms with E-state index >= 15 is 0 Å². The highest BCUT2D eigenvalue weighted by Crippen LogP contribution is 2.28. The smallest absolute Gasteiger partial charge is 0.323 e. The molecular weight excluding hydrogens is 614 g/mol. The monoisotopic (exact) mass is 663 g/mol. The minimum atomic E-state index is -1.03. The molecule has 1 saturated heterocycles. The average Bonchev–Trinajstić information content (AvgIpc) is 3.29. The first-order valence-electron chi connectivity index (χ1n) is 16.6. The maximum absolute atomic E-state index is 13.8. The molecule has 2 aromatic rings. The Hall–Kier alpha value is -4.29. The van der Waals surface area contributed by atoms with E-state index in [0.717, 1.165) is 16.2 Å². The van der Waals surface area contributed by atoms with Crippen LogP contribution in [0.2, 0.25) is 0 Å². The average molecular weight is 664 g/mol. The summed E-state index contributed by atoms with van der Waals surface area (Å²) in [6.07, 6.45) is 0.652. The SMILES string of the molecule is CNC(=O)[C@H](Cc1ccccc1)NC(=O)[C@H](CC(C)C)N[C@H](CCN1C(=O)c2ccc(N3CCOCC3)cc2C1=O)C(=O)OC(C)(C)C. The fourth-order valence-electron chi connectivity index (χ4n) is 5.87. The number of esters is 1. The number of likely N-dealkylation sites (N-methyl/N-ethyl adjacent to an activating group) is 1. The number of anilines is 1. The quantitative estimate of drug-likeness (QED) is 0.205. The number of nitrogens with one attached hydrogen (secondary N) is 3. The summed E-state index contributed by atoms with van der Waals surface area (Å²) in [5, 5.41) is 8.67. The lowest BCUT2D eigenvalue weighted by atomic mass is 9.99. The summed E-state index contributed by atoms with van der Waals surface area (Å²) >= 11 is 0. The largest absolute Gasteiger partial charge is 0.459 e. The van der Waals surface area contributed by atoms with Crippen molar-refractivity contribution in [3.63, 3.8) is 0 Å². The molecule has 0 unspecified atom stereocenters. The van der Waals surface area contributed by atoms with Crippen molar-refractivity contribution >= 4 is 35.3 Å². The highest BCUT2D eigenvalue weighted by atomic mass is 16.6. The molecule has 2 heterocycles. The molecule has 2 aliphatic heterocycles. The molecule has 3 N–H and O–H groups in total. The van der Waals surface area contributed by atoms with E-state index in [1.165, 1.54) is 7.05 Å². The van der Waals surface area contributed by atoms with Gasteiger partial charge in [-0.1, -0.05) is 44.2 Å². The second-order valence-corrected chi connectivity index (χ2v) is 13.7. The number of carbonyl (C=O) groups is 5. The van der Waals surface area contributed by atoms with Crippen molar-refractivity contribution in [2.24, 2.45) is 5.92 Å². The standard InChI is InChI=1S/C36H49N5O7/c1-23(2)20-29(32(43)39-30(31(42)37-6)21-24-10-8-7-9-11-24)38-28(35(46)48-36(3,4)5)14-15-41-33(44)26-13-12-25(22-27(26)34(41)45)40-16-18-47-19-17-40/h7-13,22-23,28-30,38H,14-21H2,1-6H3,(H,37,42)(H,39,43)/t28-,29+,30+/m1/s1. The van der Waals surface area contributed by atoms with Crippen molar-refractivity contribution in [1.82, 2.24) is 20.9 Å². The van der Waals surface area contributed by atoms with Crippen molar-refractivity contribution in [3.05, 3.63) is 65.2 Å². The molecule has 4 rings (SSSR count). The summed E-state index contributed by atoms with van der Waals surface area (Å²) < 4.78 is 11.2. The van der Waals surface area contributed by atoms with Crippen molar-refractivity contribution in [2.75, 3.05) is 44.8 Å². The van der Waals surface area contributed by atoms with Crippen molar-refractivity contribution < 1.29 is 33.4 Å². The first kappa shape index (κ1) is 36.5. The van der Waals surface area contributed by atoms with Crippen molar-refractivity contribution in [3.8, 4) is 0 Å². The van der Waals surface area contributed by atoms with Crippen LogP contribution in [-0.2, 0) is 30.3 Å². The van der Waals surface area contributed by atoms with Gasteiger partial charge in [-0.15, -0.1) is 0 Å². The van der Waals surface area contributed by atoms with Gasteiger partial charge in [-0.25, -0.2) is 0 Å². The summed E-state index contributed by atoms with van der Waals surface area (Å²) in [4.78, 5) is 70.3. The van der Waals surface area contributed by atoms with Gasteiger partial charge in [0.2, 0.25) is 11.8 Å². The number of imide groups is 1. The summed E-state index contributed by atoms with van der Waals surface area (Å²) in [5.41, 5.74) is 1.54. The summed E-state index contributed by atoms with van der Waals surface area (Å²) in [6.45, 7) is 11.6. The predicted molar refractivity (Wildman–Crippen MR) is 182 cm³/mol. The highest BCUT2D eigenvalue weighted by Gasteiger charge is 2.38. The zero-order chi connectivity index (χ0) is 35.0. The summed E-state index contributed by atoms with van der Waals surface area (Å²) in [5.74, 6) is -2.21. The number of morpholine rings is 1. The molecule has 0 spiro atoms. The third kappa shape index (κ3) is 9.63. The van der Waals surface area contributed by atoms with Crippen LogP contribution in [0.25, 0.3) is 0 Å². The van der Waals surface area contributed by atoms with E-state index in [-0.39, 0.29) is 31.2 Å². The Bertz CT molecular complexity index is 1470. The number of hydrogen-bond donors (Lipinski definition) is 3. The maximum Gasteiger partial charge on any atom is 0.323 e. The Morgan fingerprint density at radius 1 is 0.896 bits per heavy atom. The number of hydrogen-bond acceptors (Lipinski definition) is 9. The molecule has 0 aliphatic carbocycles. The van der Waals surface area contributed by atoms with Gasteiger partial charge in [0.25, 0.3) is 11.8 Å². The van der Waals surface area contributed by atoms with Gasteiger partial charge in [0.1, 0.15) is 17.7 Å². The van der Waals surface area contributed by atoms with E-state index in [4.69, 9.17) is 9.47 Å². The maximum atomic E-state index is 13.8. The summed E-state index contributed by atoms with van der Waals surface area (Å²) in [7, 11) is 1.51. The molecular formula is C36H49N5O7. The fraction of sp³-hybridized carbons (Fsp3) is 0.528. The minimum Gasteiger partial charge on any atom is -0.459 e. The van der Waals surface area contributed by atoms with Gasteiger partial charge < -0.3 is 25.0 Å². The number of amides is 4. The van der Waals surface area contributed by atoms with Crippen LogP contribution in [0.3, 0.4) is 0 Å². The molecule has 12 heteroatoms. The lowest BCUT2D eigenvalue weighted by molar-refractivity contribution is -0.158. The fourth-order valence-corrected chi connectivity index (χ4v) is 5.87. The number of fused-ring (bicyclic) bond motifs is 1. The van der Waals surface area contributed by atoms with Gasteiger partial charge in [0.05, 0.1) is 30.4 Å². The zero-order valence-electron chi connectivity index (χ0n) is 28.8. The van der Waals surface area contributed by atoms with E-state index in [1.54, 1.807) is 32.9 Å². The Morgan fingerprint density at radius 3 is 2.19 bits per heavy atom. The predicted octanol–water partition coefficient (Wildman–Crippen LogP) is 2.70. The molecule has 1 fully saturated rings. The van der Waals surface area contributed by atoms with Gasteiger partial charge in [0, 0.05) is 38.8 Å². The third-order valence-electron chi connectivity index (χ3n) is 8.25. The van der Waals surface area contributed by atoms with E-state index in [9.17, 15) is 24.0 Å². The van der Waals surface area contributed by atoms with Crippen LogP contribution in [0.1, 0.15) is 73.7 Å². The Morgan fingerprint density at radius 2 is 1.56 bits per heavy atom. The number of carbonyl (C=O) groups excluding carboxylic acids is 5. The first-order valence-corrected chi connectivity index (χ1v) is 16.6. The molecule has 4 amide bonds. The molecule has 2 aromatic carbocycles. The molecule has 0 aromatic heterocycles. The lowest BCUT2D eigenvalue weighted by Gasteiger charge is -2.30. The highest BCUT2D eigenvalue weighted by molar-refractivity contribution is 6.21. The van der Waals surface area contributed by atoms with Gasteiger partial charge in [0.15, 0.2) is 0 Å². The molecule has 2 aliphatic rings. The van der Waals surface area contributed by atoms with Gasteiger partial charge in [-0.05, 0) is 63.3 Å². The van der Waals surface area contributed by atoms with Gasteiger partial charge in [-0.2, -0.15) is 0 Å². The first-order chi connectivity index (χ1) is 22.8. The van der Waals surface area contributed by atoms with Crippen LogP contribution in [0, 0.1) is 5.92 Å². The van der Waals surface area contributed by atoms with Crippen LogP contribution >= 0.6 is 0 Å². The van der Waals surface area contributed by atoms with E-state index in [1.807, 2.05) is 50.2 Å². The summed E-state index contributed by atoms with van der Waals surface area (Å²) in [6, 6.07) is 11.9. The molecule has 12 nitrogen and oxygen atoms in total. The van der Waals surface area contributed by atoms with Gasteiger partial charge >= 0.3 is 5.97 Å². The molecule has 3 atom stereocenters. The number of nitrogens with zero attached hydrogens (tertiary/aromatic N) is 2. The topological polar surface area (TPSA) is 146 Å². The van der Waals surface area contributed by atoms with E-state index in [0.29, 0.717) is 43.9 Å². The molecule has 48 heavy (non-hydrogen) atoms. The zero-order valence-corrected chi connectivity index (χ0v) is 28.8. The normalized spacial score (nSPS) is 16.7. The van der Waals surface area contributed by atoms with Crippen molar-refractivity contribution in [2.45, 2.75) is 77.6 Å².